The SMILES string of the molecule is CCCCO[C@@H]1O[C@@H]2COS(=O)(=O)O[C@H]2[C@@H]2O[C@@](C)(OC)[C@](C)(OC)O[C@@H]12. The molecule has 27 heavy (non-hydrogen) atoms. The Morgan fingerprint density at radius 2 is 1.67 bits per heavy atom. The first kappa shape index (κ1) is 21.3. The van der Waals surface area contributed by atoms with Crippen LogP contribution in [0.4, 0.5) is 0 Å². The zero-order chi connectivity index (χ0) is 19.9. The molecule has 158 valence electrons. The summed E-state index contributed by atoms with van der Waals surface area (Å²) < 4.78 is 68.6. The first-order valence-corrected chi connectivity index (χ1v) is 10.3. The molecule has 0 aromatic rings. The summed E-state index contributed by atoms with van der Waals surface area (Å²) in [6, 6.07) is 0. The molecule has 0 saturated carbocycles. The molecule has 3 fully saturated rings. The zero-order valence-electron chi connectivity index (χ0n) is 16.2. The predicted molar refractivity (Wildman–Crippen MR) is 89.8 cm³/mol. The standard InChI is InChI=1S/C16H28O10S/c1-6-7-8-21-14-13-12(11-10(23-14)9-22-27(17,18)26-11)24-15(2,19-4)16(3,20-5)25-13/h10-14H,6-9H2,1-5H3/t10-,11-,12+,13-,14-,15-,16-/m1/s1. The minimum Gasteiger partial charge on any atom is -0.350 e. The van der Waals surface area contributed by atoms with Gasteiger partial charge in [-0.05, 0) is 20.3 Å². The third kappa shape index (κ3) is 3.89. The van der Waals surface area contributed by atoms with Crippen molar-refractivity contribution in [1.82, 2.24) is 0 Å². The van der Waals surface area contributed by atoms with E-state index in [0.29, 0.717) is 6.61 Å². The van der Waals surface area contributed by atoms with Gasteiger partial charge in [-0.3, -0.25) is 0 Å². The van der Waals surface area contributed by atoms with E-state index in [-0.39, 0.29) is 6.61 Å². The lowest BCUT2D eigenvalue weighted by Crippen LogP contribution is -2.74. The van der Waals surface area contributed by atoms with E-state index in [2.05, 4.69) is 0 Å². The van der Waals surface area contributed by atoms with Crippen molar-refractivity contribution < 1.29 is 45.2 Å². The van der Waals surface area contributed by atoms with Crippen LogP contribution in [-0.2, 0) is 47.2 Å². The molecular formula is C16H28O10S. The van der Waals surface area contributed by atoms with Crippen LogP contribution in [0.15, 0.2) is 0 Å². The molecular weight excluding hydrogens is 384 g/mol. The molecule has 3 heterocycles. The maximum atomic E-state index is 11.8. The van der Waals surface area contributed by atoms with Crippen molar-refractivity contribution in [2.24, 2.45) is 0 Å². The molecule has 7 atom stereocenters. The van der Waals surface area contributed by atoms with E-state index in [0.717, 1.165) is 12.8 Å². The van der Waals surface area contributed by atoms with Crippen LogP contribution in [0.1, 0.15) is 33.6 Å². The van der Waals surface area contributed by atoms with Crippen molar-refractivity contribution in [3.63, 3.8) is 0 Å². The van der Waals surface area contributed by atoms with Crippen LogP contribution >= 0.6 is 0 Å². The van der Waals surface area contributed by atoms with Crippen LogP contribution < -0.4 is 0 Å². The van der Waals surface area contributed by atoms with Crippen molar-refractivity contribution >= 4 is 10.4 Å². The van der Waals surface area contributed by atoms with Gasteiger partial charge in [0, 0.05) is 20.8 Å². The Bertz CT molecular complexity index is 627. The van der Waals surface area contributed by atoms with E-state index in [1.165, 1.54) is 14.2 Å². The van der Waals surface area contributed by atoms with Gasteiger partial charge in [0.25, 0.3) is 0 Å². The van der Waals surface area contributed by atoms with Crippen molar-refractivity contribution in [2.45, 2.75) is 75.9 Å². The number of hydrogen-bond donors (Lipinski definition) is 0. The van der Waals surface area contributed by atoms with Crippen molar-refractivity contribution in [3.8, 4) is 0 Å². The van der Waals surface area contributed by atoms with Gasteiger partial charge in [0.1, 0.15) is 24.4 Å². The van der Waals surface area contributed by atoms with E-state index in [4.69, 9.17) is 36.8 Å². The van der Waals surface area contributed by atoms with Crippen molar-refractivity contribution in [1.29, 1.82) is 0 Å². The second kappa shape index (κ2) is 7.81. The van der Waals surface area contributed by atoms with Crippen LogP contribution in [0.5, 0.6) is 0 Å². The number of hydrogen-bond acceptors (Lipinski definition) is 10. The molecule has 0 aromatic heterocycles. The molecule has 0 radical (unpaired) electrons. The van der Waals surface area contributed by atoms with Gasteiger partial charge >= 0.3 is 10.4 Å². The lowest BCUT2D eigenvalue weighted by molar-refractivity contribution is -0.484. The Morgan fingerprint density at radius 1 is 1.04 bits per heavy atom. The summed E-state index contributed by atoms with van der Waals surface area (Å²) in [5, 5.41) is 0. The molecule has 0 amide bonds. The third-order valence-electron chi connectivity index (χ3n) is 5.30. The van der Waals surface area contributed by atoms with Gasteiger partial charge in [-0.1, -0.05) is 13.3 Å². The summed E-state index contributed by atoms with van der Waals surface area (Å²) in [4.78, 5) is 0. The number of fused-ring (bicyclic) bond motifs is 3. The van der Waals surface area contributed by atoms with Gasteiger partial charge in [-0.2, -0.15) is 8.42 Å². The van der Waals surface area contributed by atoms with Gasteiger partial charge in [0.05, 0.1) is 6.61 Å². The average molecular weight is 412 g/mol. The third-order valence-corrected chi connectivity index (χ3v) is 6.19. The van der Waals surface area contributed by atoms with Crippen LogP contribution in [0, 0.1) is 0 Å². The quantitative estimate of drug-likeness (QED) is 0.578. The molecule has 0 aliphatic carbocycles. The fourth-order valence-corrected chi connectivity index (χ4v) is 4.24. The minimum atomic E-state index is -4.15. The second-order valence-corrected chi connectivity index (χ2v) is 8.23. The van der Waals surface area contributed by atoms with E-state index in [1.807, 2.05) is 6.92 Å². The summed E-state index contributed by atoms with van der Waals surface area (Å²) in [7, 11) is -1.23. The van der Waals surface area contributed by atoms with Gasteiger partial charge in [-0.25, -0.2) is 8.37 Å². The number of ether oxygens (including phenoxy) is 6. The molecule has 0 bridgehead atoms. The molecule has 3 aliphatic rings. The van der Waals surface area contributed by atoms with E-state index in [1.54, 1.807) is 13.8 Å². The number of methoxy groups -OCH3 is 2. The molecule has 11 heteroatoms. The molecule has 10 nitrogen and oxygen atoms in total. The normalized spacial score (nSPS) is 46.5. The minimum absolute atomic E-state index is 0.196. The van der Waals surface area contributed by atoms with Gasteiger partial charge in [0.15, 0.2) is 6.29 Å². The highest BCUT2D eigenvalue weighted by atomic mass is 32.3. The average Bonchev–Trinajstić information content (AvgIpc) is 2.63. The first-order valence-electron chi connectivity index (χ1n) is 8.99. The van der Waals surface area contributed by atoms with Gasteiger partial charge in [0.2, 0.25) is 11.6 Å². The smallest absolute Gasteiger partial charge is 0.350 e. The lowest BCUT2D eigenvalue weighted by Gasteiger charge is -2.57. The molecule has 3 rings (SSSR count). The Morgan fingerprint density at radius 3 is 2.26 bits per heavy atom. The Labute approximate surface area is 159 Å². The lowest BCUT2D eigenvalue weighted by atomic mass is 9.94. The molecule has 3 saturated heterocycles. The molecule has 0 spiro atoms. The van der Waals surface area contributed by atoms with Crippen molar-refractivity contribution in [3.05, 3.63) is 0 Å². The molecule has 0 unspecified atom stereocenters. The predicted octanol–water partition coefficient (Wildman–Crippen LogP) is 0.697. The fraction of sp³-hybridized carbons (Fsp3) is 1.00. The first-order chi connectivity index (χ1) is 12.7. The van der Waals surface area contributed by atoms with Gasteiger partial charge in [-0.15, -0.1) is 0 Å². The maximum absolute atomic E-state index is 11.8. The highest BCUT2D eigenvalue weighted by Crippen LogP contribution is 2.45. The van der Waals surface area contributed by atoms with Crippen LogP contribution in [0.25, 0.3) is 0 Å². The maximum Gasteiger partial charge on any atom is 0.400 e. The van der Waals surface area contributed by atoms with E-state index < -0.39 is 52.7 Å². The molecule has 0 aromatic carbocycles. The summed E-state index contributed by atoms with van der Waals surface area (Å²) >= 11 is 0. The summed E-state index contributed by atoms with van der Waals surface area (Å²) in [6.07, 6.45) is -2.29. The summed E-state index contributed by atoms with van der Waals surface area (Å²) in [5.41, 5.74) is 0. The van der Waals surface area contributed by atoms with Gasteiger partial charge < -0.3 is 28.4 Å². The van der Waals surface area contributed by atoms with E-state index in [9.17, 15) is 8.42 Å². The Kier molecular flexibility index (Phi) is 6.17. The number of rotatable bonds is 6. The summed E-state index contributed by atoms with van der Waals surface area (Å²) in [5.74, 6) is -2.60. The largest absolute Gasteiger partial charge is 0.400 e. The number of unbranched alkanes of at least 4 members (excludes halogenated alkanes) is 1. The Balaban J connectivity index is 1.91. The Hall–Kier alpha value is -0.370. The molecule has 3 aliphatic heterocycles. The highest BCUT2D eigenvalue weighted by molar-refractivity contribution is 7.81. The second-order valence-electron chi connectivity index (χ2n) is 6.99. The fourth-order valence-electron chi connectivity index (χ4n) is 3.38. The van der Waals surface area contributed by atoms with Crippen LogP contribution in [0.2, 0.25) is 0 Å². The zero-order valence-corrected chi connectivity index (χ0v) is 17.0. The van der Waals surface area contributed by atoms with Crippen molar-refractivity contribution in [2.75, 3.05) is 27.4 Å². The van der Waals surface area contributed by atoms with Crippen LogP contribution in [0.3, 0.4) is 0 Å². The summed E-state index contributed by atoms with van der Waals surface area (Å²) in [6.45, 7) is 5.63. The van der Waals surface area contributed by atoms with Crippen LogP contribution in [-0.4, -0.2) is 78.1 Å². The molecule has 0 N–H and O–H groups in total. The monoisotopic (exact) mass is 412 g/mol. The highest BCUT2D eigenvalue weighted by Gasteiger charge is 2.64. The topological polar surface area (TPSA) is 108 Å². The van der Waals surface area contributed by atoms with E-state index >= 15 is 0 Å².